The molecule has 0 aliphatic carbocycles. The average Bonchev–Trinajstić information content (AvgIpc) is 3.12. The van der Waals surface area contributed by atoms with Crippen LogP contribution in [0.15, 0.2) is 73.1 Å². The molecule has 1 aliphatic rings. The quantitative estimate of drug-likeness (QED) is 0.458. The van der Waals surface area contributed by atoms with Gasteiger partial charge in [0.05, 0.1) is 26.3 Å². The van der Waals surface area contributed by atoms with Crippen LogP contribution in [0.5, 0.6) is 11.5 Å². The Morgan fingerprint density at radius 1 is 0.971 bits per heavy atom. The summed E-state index contributed by atoms with van der Waals surface area (Å²) >= 11 is 5.71. The zero-order chi connectivity index (χ0) is 24.8. The van der Waals surface area contributed by atoms with Crippen LogP contribution in [0.2, 0.25) is 0 Å². The first-order valence-electron chi connectivity index (χ1n) is 11.1. The van der Waals surface area contributed by atoms with E-state index in [1.807, 2.05) is 29.2 Å². The van der Waals surface area contributed by atoms with E-state index in [0.717, 1.165) is 11.3 Å². The molecule has 1 fully saturated rings. The Balaban J connectivity index is 1.52. The Labute approximate surface area is 209 Å². The summed E-state index contributed by atoms with van der Waals surface area (Å²) in [5.74, 6) is 0.956. The first-order chi connectivity index (χ1) is 17.0. The van der Waals surface area contributed by atoms with E-state index in [4.69, 9.17) is 21.7 Å². The third-order valence-electron chi connectivity index (χ3n) is 5.79. The number of amides is 2. The number of hydrogen-bond donors (Lipinski definition) is 1. The zero-order valence-corrected chi connectivity index (χ0v) is 20.3. The number of nitrogens with one attached hydrogen (secondary N) is 1. The largest absolute Gasteiger partial charge is 0.497 e. The van der Waals surface area contributed by atoms with Gasteiger partial charge in [-0.1, -0.05) is 12.1 Å². The monoisotopic (exact) mass is 490 g/mol. The van der Waals surface area contributed by atoms with Gasteiger partial charge >= 0.3 is 0 Å². The van der Waals surface area contributed by atoms with Crippen LogP contribution in [0.3, 0.4) is 0 Å². The molecule has 0 radical (unpaired) electrons. The number of anilines is 2. The van der Waals surface area contributed by atoms with Crippen molar-refractivity contribution >= 4 is 40.5 Å². The lowest BCUT2D eigenvalue weighted by Crippen LogP contribution is -2.39. The molecule has 1 aliphatic heterocycles. The minimum atomic E-state index is -0.716. The average molecular weight is 491 g/mol. The molecule has 180 valence electrons. The number of thiocarbonyl (C=S) groups is 1. The van der Waals surface area contributed by atoms with E-state index in [0.29, 0.717) is 35.2 Å². The fourth-order valence-corrected chi connectivity index (χ4v) is 4.34. The van der Waals surface area contributed by atoms with Crippen molar-refractivity contribution in [2.45, 2.75) is 18.9 Å². The van der Waals surface area contributed by atoms with E-state index in [1.165, 1.54) is 4.90 Å². The maximum absolute atomic E-state index is 13.5. The normalized spacial score (nSPS) is 15.3. The van der Waals surface area contributed by atoms with Crippen LogP contribution in [-0.4, -0.2) is 53.6 Å². The minimum Gasteiger partial charge on any atom is -0.497 e. The van der Waals surface area contributed by atoms with Crippen LogP contribution in [0.25, 0.3) is 0 Å². The SMILES string of the molecule is COc1ccc(CCN2C(=S)N(c3ccncc3)C(=O)C2CC(=O)Nc2ccc(OC)cc2)cc1. The highest BCUT2D eigenvalue weighted by molar-refractivity contribution is 7.80. The number of methoxy groups -OCH3 is 2. The summed E-state index contributed by atoms with van der Waals surface area (Å²) in [4.78, 5) is 33.7. The van der Waals surface area contributed by atoms with Crippen LogP contribution in [0.4, 0.5) is 11.4 Å². The van der Waals surface area contributed by atoms with Gasteiger partial charge in [0, 0.05) is 24.6 Å². The number of rotatable bonds is 9. The highest BCUT2D eigenvalue weighted by Crippen LogP contribution is 2.27. The molecular weight excluding hydrogens is 464 g/mol. The van der Waals surface area contributed by atoms with Crippen molar-refractivity contribution in [3.8, 4) is 11.5 Å². The topological polar surface area (TPSA) is 84.0 Å². The van der Waals surface area contributed by atoms with Gasteiger partial charge in [-0.25, -0.2) is 0 Å². The van der Waals surface area contributed by atoms with E-state index in [1.54, 1.807) is 63.0 Å². The van der Waals surface area contributed by atoms with E-state index in [9.17, 15) is 9.59 Å². The number of carbonyl (C=O) groups excluding carboxylic acids is 2. The van der Waals surface area contributed by atoms with Gasteiger partial charge in [0.25, 0.3) is 5.91 Å². The molecule has 3 aromatic rings. The smallest absolute Gasteiger partial charge is 0.256 e. The number of ether oxygens (including phenoxy) is 2. The molecule has 0 saturated carbocycles. The predicted molar refractivity (Wildman–Crippen MR) is 138 cm³/mol. The Bertz CT molecular complexity index is 1190. The third kappa shape index (κ3) is 5.58. The van der Waals surface area contributed by atoms with Crippen LogP contribution in [-0.2, 0) is 16.0 Å². The molecular formula is C26H26N4O4S. The van der Waals surface area contributed by atoms with Crippen molar-refractivity contribution in [2.75, 3.05) is 31.0 Å². The Hall–Kier alpha value is -3.98. The maximum atomic E-state index is 13.5. The second-order valence-corrected chi connectivity index (χ2v) is 8.31. The molecule has 2 aromatic carbocycles. The van der Waals surface area contributed by atoms with Gasteiger partial charge in [0.2, 0.25) is 5.91 Å². The number of benzene rings is 2. The summed E-state index contributed by atoms with van der Waals surface area (Å²) in [6.07, 6.45) is 3.83. The number of hydrogen-bond acceptors (Lipinski definition) is 6. The summed E-state index contributed by atoms with van der Waals surface area (Å²) in [6, 6.07) is 17.5. The van der Waals surface area contributed by atoms with E-state index >= 15 is 0 Å². The second kappa shape index (κ2) is 11.0. The molecule has 9 heteroatoms. The van der Waals surface area contributed by atoms with E-state index in [-0.39, 0.29) is 18.2 Å². The minimum absolute atomic E-state index is 0.0325. The highest BCUT2D eigenvalue weighted by atomic mass is 32.1. The van der Waals surface area contributed by atoms with Crippen LogP contribution < -0.4 is 19.7 Å². The van der Waals surface area contributed by atoms with Gasteiger partial charge in [0.15, 0.2) is 5.11 Å². The second-order valence-electron chi connectivity index (χ2n) is 7.95. The van der Waals surface area contributed by atoms with Crippen molar-refractivity contribution in [1.29, 1.82) is 0 Å². The Kier molecular flexibility index (Phi) is 7.57. The standard InChI is InChI=1S/C26H26N4O4S/c1-33-21-7-3-18(4-8-21)13-16-29-23(17-24(31)28-19-5-9-22(34-2)10-6-19)25(32)30(26(29)35)20-11-14-27-15-12-20/h3-12,14-15,23H,13,16-17H2,1-2H3,(H,28,31). The number of aromatic nitrogens is 1. The zero-order valence-electron chi connectivity index (χ0n) is 19.5. The highest BCUT2D eigenvalue weighted by Gasteiger charge is 2.43. The van der Waals surface area contributed by atoms with E-state index in [2.05, 4.69) is 10.3 Å². The van der Waals surface area contributed by atoms with Gasteiger partial charge in [0.1, 0.15) is 17.5 Å². The summed E-state index contributed by atoms with van der Waals surface area (Å²) < 4.78 is 10.4. The van der Waals surface area contributed by atoms with Crippen LogP contribution >= 0.6 is 12.2 Å². The van der Waals surface area contributed by atoms with E-state index < -0.39 is 6.04 Å². The van der Waals surface area contributed by atoms with Crippen molar-refractivity contribution in [1.82, 2.24) is 9.88 Å². The van der Waals surface area contributed by atoms with Crippen molar-refractivity contribution in [3.05, 3.63) is 78.6 Å². The number of carbonyl (C=O) groups is 2. The molecule has 1 N–H and O–H groups in total. The number of nitrogens with zero attached hydrogens (tertiary/aromatic N) is 3. The summed E-state index contributed by atoms with van der Waals surface area (Å²) in [7, 11) is 3.20. The lowest BCUT2D eigenvalue weighted by Gasteiger charge is -2.24. The van der Waals surface area contributed by atoms with Crippen molar-refractivity contribution in [2.24, 2.45) is 0 Å². The number of pyridine rings is 1. The third-order valence-corrected chi connectivity index (χ3v) is 6.21. The summed E-state index contributed by atoms with van der Waals surface area (Å²) in [6.45, 7) is 0.485. The molecule has 0 bridgehead atoms. The van der Waals surface area contributed by atoms with Crippen LogP contribution in [0, 0.1) is 0 Å². The van der Waals surface area contributed by atoms with Gasteiger partial charge in [-0.2, -0.15) is 0 Å². The first-order valence-corrected chi connectivity index (χ1v) is 11.5. The Morgan fingerprint density at radius 3 is 2.17 bits per heavy atom. The lowest BCUT2D eigenvalue weighted by molar-refractivity contribution is -0.124. The molecule has 1 saturated heterocycles. The van der Waals surface area contributed by atoms with Gasteiger partial charge in [-0.3, -0.25) is 19.5 Å². The van der Waals surface area contributed by atoms with Crippen molar-refractivity contribution in [3.63, 3.8) is 0 Å². The molecule has 2 heterocycles. The fraction of sp³-hybridized carbons (Fsp3) is 0.231. The molecule has 8 nitrogen and oxygen atoms in total. The van der Waals surface area contributed by atoms with Gasteiger partial charge < -0.3 is 19.7 Å². The molecule has 4 rings (SSSR count). The van der Waals surface area contributed by atoms with Gasteiger partial charge in [-0.05, 0) is 72.7 Å². The lowest BCUT2D eigenvalue weighted by atomic mass is 10.1. The predicted octanol–water partition coefficient (Wildman–Crippen LogP) is 3.67. The van der Waals surface area contributed by atoms with Crippen molar-refractivity contribution < 1.29 is 19.1 Å². The molecule has 1 unspecified atom stereocenters. The molecule has 1 aromatic heterocycles. The molecule has 1 atom stereocenters. The van der Waals surface area contributed by atoms with Crippen LogP contribution in [0.1, 0.15) is 12.0 Å². The fourth-order valence-electron chi connectivity index (χ4n) is 3.92. The molecule has 0 spiro atoms. The molecule has 35 heavy (non-hydrogen) atoms. The Morgan fingerprint density at radius 2 is 1.57 bits per heavy atom. The summed E-state index contributed by atoms with van der Waals surface area (Å²) in [5.41, 5.74) is 2.33. The van der Waals surface area contributed by atoms with Gasteiger partial charge in [-0.15, -0.1) is 0 Å². The summed E-state index contributed by atoms with van der Waals surface area (Å²) in [5, 5.41) is 3.23. The first kappa shape index (κ1) is 24.2. The molecule has 2 amide bonds. The maximum Gasteiger partial charge on any atom is 0.256 e.